The third-order valence-corrected chi connectivity index (χ3v) is 7.12. The molecule has 0 spiro atoms. The van der Waals surface area contributed by atoms with Crippen LogP contribution in [0.2, 0.25) is 0 Å². The lowest BCUT2D eigenvalue weighted by Crippen LogP contribution is -2.39. The van der Waals surface area contributed by atoms with Crippen LogP contribution >= 0.6 is 0 Å². The summed E-state index contributed by atoms with van der Waals surface area (Å²) >= 11 is 0. The summed E-state index contributed by atoms with van der Waals surface area (Å²) in [6.45, 7) is -1.17. The van der Waals surface area contributed by atoms with E-state index in [1.54, 1.807) is 35.1 Å². The van der Waals surface area contributed by atoms with E-state index in [0.717, 1.165) is 23.3 Å². The summed E-state index contributed by atoms with van der Waals surface area (Å²) in [6.07, 6.45) is 3.31. The summed E-state index contributed by atoms with van der Waals surface area (Å²) in [4.78, 5) is 25.8. The van der Waals surface area contributed by atoms with Gasteiger partial charge in [0.2, 0.25) is 0 Å². The highest BCUT2D eigenvalue weighted by molar-refractivity contribution is 7.89. The van der Waals surface area contributed by atoms with Crippen LogP contribution in [0.4, 0.5) is 17.2 Å². The quantitative estimate of drug-likeness (QED) is 0.162. The zero-order chi connectivity index (χ0) is 25.9. The second kappa shape index (κ2) is 9.97. The summed E-state index contributed by atoms with van der Waals surface area (Å²) < 4.78 is 28.4. The van der Waals surface area contributed by atoms with E-state index in [4.69, 9.17) is 5.73 Å². The van der Waals surface area contributed by atoms with E-state index < -0.39 is 38.0 Å². The minimum Gasteiger partial charge on any atom is -0.480 e. The highest BCUT2D eigenvalue weighted by Crippen LogP contribution is 2.27. The van der Waals surface area contributed by atoms with Crippen molar-refractivity contribution in [3.63, 3.8) is 0 Å². The van der Waals surface area contributed by atoms with Gasteiger partial charge in [0.1, 0.15) is 12.4 Å². The van der Waals surface area contributed by atoms with Crippen molar-refractivity contribution in [1.82, 2.24) is 18.9 Å². The van der Waals surface area contributed by atoms with E-state index in [0.29, 0.717) is 21.5 Å². The number of fused-ring (bicyclic) bond motifs is 1. The van der Waals surface area contributed by atoms with E-state index in [1.807, 2.05) is 12.1 Å². The number of benzene rings is 2. The van der Waals surface area contributed by atoms with Gasteiger partial charge in [0, 0.05) is 36.6 Å². The maximum atomic E-state index is 13.1. The molecule has 0 aliphatic carbocycles. The molecular formula is C22H21N7O6S. The van der Waals surface area contributed by atoms with Crippen LogP contribution in [0.3, 0.4) is 0 Å². The third-order valence-electron chi connectivity index (χ3n) is 5.23. The number of anilines is 2. The molecule has 13 nitrogen and oxygen atoms in total. The molecule has 186 valence electrons. The molecule has 0 aliphatic rings. The minimum absolute atomic E-state index is 0.0158. The maximum Gasteiger partial charge on any atom is 0.318 e. The smallest absolute Gasteiger partial charge is 0.318 e. The number of rotatable bonds is 10. The summed E-state index contributed by atoms with van der Waals surface area (Å²) in [7, 11) is -4.47. The topological polar surface area (TPSA) is 186 Å². The van der Waals surface area contributed by atoms with Crippen LogP contribution in [0, 0.1) is 10.1 Å². The molecule has 0 radical (unpaired) electrons. The number of aromatic nitrogens is 3. The first kappa shape index (κ1) is 24.6. The lowest BCUT2D eigenvalue weighted by atomic mass is 10.1. The number of aliphatic carboxylic acids is 1. The van der Waals surface area contributed by atoms with Gasteiger partial charge in [-0.3, -0.25) is 14.9 Å². The lowest BCUT2D eigenvalue weighted by molar-refractivity contribution is -0.387. The molecule has 14 heteroatoms. The van der Waals surface area contributed by atoms with Gasteiger partial charge in [-0.25, -0.2) is 17.9 Å². The van der Waals surface area contributed by atoms with Crippen molar-refractivity contribution < 1.29 is 23.2 Å². The average molecular weight is 512 g/mol. The van der Waals surface area contributed by atoms with Gasteiger partial charge in [-0.15, -0.1) is 0 Å². The molecule has 4 rings (SSSR count). The summed E-state index contributed by atoms with van der Waals surface area (Å²) in [5.41, 5.74) is 7.90. The number of nitrogens with two attached hydrogens (primary N) is 1. The largest absolute Gasteiger partial charge is 0.480 e. The van der Waals surface area contributed by atoms with E-state index in [2.05, 4.69) is 15.4 Å². The van der Waals surface area contributed by atoms with Gasteiger partial charge in [0.25, 0.3) is 15.7 Å². The average Bonchev–Trinajstić information content (AvgIpc) is 3.26. The van der Waals surface area contributed by atoms with Crippen molar-refractivity contribution in [2.75, 3.05) is 30.7 Å². The predicted octanol–water partition coefficient (Wildman–Crippen LogP) is 2.07. The normalized spacial score (nSPS) is 11.6. The van der Waals surface area contributed by atoms with Crippen molar-refractivity contribution in [3.8, 4) is 11.1 Å². The number of hydrogen-bond donors (Lipinski definition) is 3. The second-order valence-corrected chi connectivity index (χ2v) is 9.55. The fraction of sp³-hybridized carbons (Fsp3) is 0.136. The molecule has 0 aliphatic heterocycles. The molecule has 2 aromatic carbocycles. The summed E-state index contributed by atoms with van der Waals surface area (Å²) in [6, 6.07) is 13.6. The molecule has 0 unspecified atom stereocenters. The number of nitrogens with one attached hydrogen (secondary N) is 1. The molecule has 0 saturated carbocycles. The molecule has 0 fully saturated rings. The van der Waals surface area contributed by atoms with Crippen molar-refractivity contribution >= 4 is 38.8 Å². The lowest BCUT2D eigenvalue weighted by Gasteiger charge is -2.20. The number of sulfonamides is 1. The number of nitrogen functional groups attached to an aromatic ring is 1. The summed E-state index contributed by atoms with van der Waals surface area (Å²) in [5.74, 6) is -1.01. The zero-order valence-corrected chi connectivity index (χ0v) is 19.5. The number of carbonyl (C=O) groups is 1. The zero-order valence-electron chi connectivity index (χ0n) is 18.7. The molecule has 4 aromatic rings. The van der Waals surface area contributed by atoms with Crippen LogP contribution in [-0.2, 0) is 14.8 Å². The van der Waals surface area contributed by atoms with Crippen molar-refractivity contribution in [2.24, 2.45) is 0 Å². The Labute approximate surface area is 205 Å². The Balaban J connectivity index is 1.56. The van der Waals surface area contributed by atoms with Crippen LogP contribution in [-0.4, -0.2) is 63.0 Å². The van der Waals surface area contributed by atoms with Gasteiger partial charge in [-0.1, -0.05) is 24.3 Å². The number of nitro groups is 1. The third kappa shape index (κ3) is 5.08. The fourth-order valence-electron chi connectivity index (χ4n) is 3.59. The first-order valence-electron chi connectivity index (χ1n) is 10.6. The molecule has 36 heavy (non-hydrogen) atoms. The molecule has 0 bridgehead atoms. The fourth-order valence-corrected chi connectivity index (χ4v) is 5.13. The van der Waals surface area contributed by atoms with Crippen molar-refractivity contribution in [1.29, 1.82) is 0 Å². The summed E-state index contributed by atoms with van der Waals surface area (Å²) in [5, 5.41) is 27.8. The van der Waals surface area contributed by atoms with Crippen LogP contribution < -0.4 is 11.1 Å². The van der Waals surface area contributed by atoms with Gasteiger partial charge in [-0.05, 0) is 29.8 Å². The maximum absolute atomic E-state index is 13.1. The van der Waals surface area contributed by atoms with Crippen LogP contribution in [0.15, 0.2) is 71.9 Å². The molecule has 0 atom stereocenters. The molecule has 2 aromatic heterocycles. The monoisotopic (exact) mass is 511 g/mol. The Hall–Kier alpha value is -4.56. The highest BCUT2D eigenvalue weighted by Gasteiger charge is 2.32. The number of hydrogen-bond acceptors (Lipinski definition) is 9. The highest BCUT2D eigenvalue weighted by atomic mass is 32.2. The van der Waals surface area contributed by atoms with E-state index in [9.17, 15) is 28.4 Å². The van der Waals surface area contributed by atoms with E-state index in [1.165, 1.54) is 12.1 Å². The Morgan fingerprint density at radius 3 is 2.69 bits per heavy atom. The van der Waals surface area contributed by atoms with E-state index >= 15 is 0 Å². The Bertz CT molecular complexity index is 1550. The SMILES string of the molecule is Nc1cccc(-c2cnn3ccc(NCCN(CC(=O)O)S(=O)(=O)c4ccccc4[N+](=O)[O-])nc23)c1. The van der Waals surface area contributed by atoms with Crippen LogP contribution in [0.25, 0.3) is 16.8 Å². The van der Waals surface area contributed by atoms with Gasteiger partial charge >= 0.3 is 5.97 Å². The Morgan fingerprint density at radius 2 is 1.97 bits per heavy atom. The molecule has 0 saturated heterocycles. The molecule has 0 amide bonds. The van der Waals surface area contributed by atoms with Crippen molar-refractivity contribution in [3.05, 3.63) is 77.1 Å². The Kier molecular flexibility index (Phi) is 6.80. The minimum atomic E-state index is -4.47. The number of para-hydroxylation sites is 1. The van der Waals surface area contributed by atoms with Crippen LogP contribution in [0.1, 0.15) is 0 Å². The Morgan fingerprint density at radius 1 is 1.19 bits per heavy atom. The first-order valence-corrected chi connectivity index (χ1v) is 12.0. The van der Waals surface area contributed by atoms with Crippen molar-refractivity contribution in [2.45, 2.75) is 4.90 Å². The second-order valence-electron chi connectivity index (χ2n) is 7.65. The van der Waals surface area contributed by atoms with Crippen LogP contribution in [0.5, 0.6) is 0 Å². The number of carboxylic acid groups (broad SMARTS) is 1. The molecule has 4 N–H and O–H groups in total. The molecular weight excluding hydrogens is 490 g/mol. The number of nitro benzene ring substituents is 1. The van der Waals surface area contributed by atoms with Gasteiger partial charge in [0.05, 0.1) is 11.1 Å². The number of carboxylic acids is 1. The van der Waals surface area contributed by atoms with Gasteiger partial charge in [-0.2, -0.15) is 9.40 Å². The van der Waals surface area contributed by atoms with Gasteiger partial charge < -0.3 is 16.2 Å². The number of nitrogens with zero attached hydrogens (tertiary/aromatic N) is 5. The molecule has 2 heterocycles. The standard InChI is InChI=1S/C22H21N7O6S/c23-16-5-3-4-15(12-16)17-13-25-28-10-8-20(26-22(17)28)24-9-11-27(14-21(30)31)36(34,35)19-7-2-1-6-18(19)29(32)33/h1-8,10,12-13H,9,11,14,23H2,(H,24,26)(H,30,31). The first-order chi connectivity index (χ1) is 17.2. The van der Waals surface area contributed by atoms with Gasteiger partial charge in [0.15, 0.2) is 10.5 Å². The van der Waals surface area contributed by atoms with E-state index in [-0.39, 0.29) is 13.1 Å². The predicted molar refractivity (Wildman–Crippen MR) is 131 cm³/mol.